The molecule has 0 aliphatic carbocycles. The van der Waals surface area contributed by atoms with E-state index in [1.165, 1.54) is 5.31 Å². The van der Waals surface area contributed by atoms with Crippen LogP contribution in [0.15, 0.2) is 16.5 Å². The lowest BCUT2D eigenvalue weighted by molar-refractivity contribution is 0.440. The molecular weight excluding hydrogens is 207 g/mol. The van der Waals surface area contributed by atoms with Gasteiger partial charge in [0.1, 0.15) is 0 Å². The Morgan fingerprint density at radius 2 is 1.47 bits per heavy atom. The number of allylic oxidation sites excluding steroid dienone is 2. The van der Waals surface area contributed by atoms with E-state index >= 15 is 0 Å². The summed E-state index contributed by atoms with van der Waals surface area (Å²) in [4.78, 5) is 0. The van der Waals surface area contributed by atoms with Crippen molar-refractivity contribution in [1.29, 1.82) is 0 Å². The Morgan fingerprint density at radius 1 is 1.00 bits per heavy atom. The quantitative estimate of drug-likeness (QED) is 0.409. The number of hydrogen-bond acceptors (Lipinski definition) is 4. The zero-order valence-electron chi connectivity index (χ0n) is 10.9. The Kier molecular flexibility index (Phi) is 6.73. The van der Waals surface area contributed by atoms with Gasteiger partial charge in [-0.2, -0.15) is 5.10 Å². The maximum Gasteiger partial charge on any atom is 0.0669 e. The molecule has 0 saturated heterocycles. The average molecular weight is 230 g/mol. The minimum atomic E-state index is -0.353. The van der Waals surface area contributed by atoms with Crippen LogP contribution in [0.5, 0.6) is 0 Å². The zero-order valence-corrected chi connectivity index (χ0v) is 11.8. The van der Waals surface area contributed by atoms with E-state index in [9.17, 15) is 0 Å². The summed E-state index contributed by atoms with van der Waals surface area (Å²) in [5, 5.41) is 7.30. The Hall–Kier alpha value is -0.440. The van der Waals surface area contributed by atoms with Gasteiger partial charge in [-0.15, -0.1) is 0 Å². The van der Waals surface area contributed by atoms with Crippen LogP contribution in [0.1, 0.15) is 6.92 Å². The fraction of sp³-hybridized carbons (Fsp3) is 0.700. The van der Waals surface area contributed by atoms with Crippen molar-refractivity contribution in [2.45, 2.75) is 6.92 Å². The third kappa shape index (κ3) is 5.88. The van der Waals surface area contributed by atoms with Crippen molar-refractivity contribution in [3.8, 4) is 0 Å². The molecular formula is C10H23N4P. The summed E-state index contributed by atoms with van der Waals surface area (Å²) in [6, 6.07) is 0. The maximum absolute atomic E-state index is 4.17. The fourth-order valence-corrected chi connectivity index (χ4v) is 3.51. The summed E-state index contributed by atoms with van der Waals surface area (Å²) in [5.74, 6) is 0. The van der Waals surface area contributed by atoms with Crippen LogP contribution in [0.25, 0.3) is 0 Å². The molecule has 0 amide bonds. The van der Waals surface area contributed by atoms with Crippen molar-refractivity contribution in [2.24, 2.45) is 5.10 Å². The van der Waals surface area contributed by atoms with Gasteiger partial charge in [0, 0.05) is 20.3 Å². The number of nitrogens with zero attached hydrogens (tertiary/aromatic N) is 4. The predicted molar refractivity (Wildman–Crippen MR) is 70.2 cm³/mol. The van der Waals surface area contributed by atoms with Gasteiger partial charge in [0.15, 0.2) is 0 Å². The van der Waals surface area contributed by atoms with Crippen molar-refractivity contribution in [2.75, 3.05) is 42.3 Å². The lowest BCUT2D eigenvalue weighted by Gasteiger charge is -2.30. The summed E-state index contributed by atoms with van der Waals surface area (Å²) in [6.45, 7) is 2.15. The van der Waals surface area contributed by atoms with Gasteiger partial charge in [-0.1, -0.05) is 0 Å². The summed E-state index contributed by atoms with van der Waals surface area (Å²) in [6.07, 6.45) is 3.92. The molecule has 0 aromatic carbocycles. The number of hydrogen-bond donors (Lipinski definition) is 0. The van der Waals surface area contributed by atoms with Crippen LogP contribution < -0.4 is 0 Å². The molecule has 0 unspecified atom stereocenters. The summed E-state index contributed by atoms with van der Waals surface area (Å²) in [7, 11) is 11.9. The van der Waals surface area contributed by atoms with Gasteiger partial charge in [-0.05, 0) is 46.5 Å². The van der Waals surface area contributed by atoms with Crippen LogP contribution in [-0.4, -0.2) is 62.9 Å². The molecule has 0 aliphatic heterocycles. The molecule has 0 fully saturated rings. The van der Waals surface area contributed by atoms with E-state index in [1.807, 2.05) is 20.3 Å². The van der Waals surface area contributed by atoms with E-state index in [1.54, 1.807) is 5.01 Å². The van der Waals surface area contributed by atoms with Gasteiger partial charge in [-0.25, -0.2) is 0 Å². The molecule has 0 aliphatic rings. The first-order valence-corrected chi connectivity index (χ1v) is 6.13. The van der Waals surface area contributed by atoms with Gasteiger partial charge in [-0.3, -0.25) is 9.34 Å². The van der Waals surface area contributed by atoms with E-state index in [0.717, 1.165) is 0 Å². The normalized spacial score (nSPS) is 13.6. The second-order valence-corrected chi connectivity index (χ2v) is 6.79. The third-order valence-corrected chi connectivity index (χ3v) is 3.98. The largest absolute Gasteiger partial charge is 0.303 e. The van der Waals surface area contributed by atoms with Crippen LogP contribution in [0.3, 0.4) is 0 Å². The standard InChI is InChI=1S/C10H23N4P/c1-10(8-9-11-12(2)3)15(13(4)5)14(6)7/h8-9H,1-7H3/b10-8+,11-9+. The molecule has 15 heavy (non-hydrogen) atoms. The van der Waals surface area contributed by atoms with Crippen molar-refractivity contribution in [3.05, 3.63) is 11.4 Å². The van der Waals surface area contributed by atoms with Crippen molar-refractivity contribution in [3.63, 3.8) is 0 Å². The first-order valence-electron chi connectivity index (χ1n) is 4.89. The molecule has 0 heterocycles. The molecule has 0 radical (unpaired) electrons. The van der Waals surface area contributed by atoms with Gasteiger partial charge in [0.25, 0.3) is 0 Å². The first kappa shape index (κ1) is 14.6. The Balaban J connectivity index is 4.56. The Labute approximate surface area is 95.1 Å². The molecule has 0 saturated carbocycles. The lowest BCUT2D eigenvalue weighted by Crippen LogP contribution is -2.17. The van der Waals surface area contributed by atoms with E-state index in [2.05, 4.69) is 55.6 Å². The van der Waals surface area contributed by atoms with Crippen LogP contribution in [0.4, 0.5) is 0 Å². The highest BCUT2D eigenvalue weighted by Crippen LogP contribution is 2.47. The zero-order chi connectivity index (χ0) is 12.0. The molecule has 88 valence electrons. The van der Waals surface area contributed by atoms with Crippen LogP contribution in [0.2, 0.25) is 0 Å². The van der Waals surface area contributed by atoms with Gasteiger partial charge >= 0.3 is 0 Å². The fourth-order valence-electron chi connectivity index (χ4n) is 1.33. The molecule has 0 N–H and O–H groups in total. The number of rotatable bonds is 5. The van der Waals surface area contributed by atoms with E-state index < -0.39 is 0 Å². The van der Waals surface area contributed by atoms with E-state index in [0.29, 0.717) is 0 Å². The SMILES string of the molecule is C/C(=C\C=N\N(C)C)P(N(C)C)N(C)C. The molecule has 5 heteroatoms. The smallest absolute Gasteiger partial charge is 0.0669 e. The first-order chi connectivity index (χ1) is 6.86. The minimum absolute atomic E-state index is 0.353. The maximum atomic E-state index is 4.17. The molecule has 0 rings (SSSR count). The topological polar surface area (TPSA) is 22.1 Å². The molecule has 4 nitrogen and oxygen atoms in total. The highest BCUT2D eigenvalue weighted by Gasteiger charge is 2.14. The summed E-state index contributed by atoms with van der Waals surface area (Å²) in [5.41, 5.74) is 0. The molecule has 0 aromatic heterocycles. The average Bonchev–Trinajstić information content (AvgIpc) is 2.01. The summed E-state index contributed by atoms with van der Waals surface area (Å²) < 4.78 is 4.48. The third-order valence-electron chi connectivity index (χ3n) is 1.69. The Bertz CT molecular complexity index is 226. The number of hydrazone groups is 1. The molecule has 0 bridgehead atoms. The second kappa shape index (κ2) is 6.94. The summed E-state index contributed by atoms with van der Waals surface area (Å²) >= 11 is 0. The predicted octanol–water partition coefficient (Wildman–Crippen LogP) is 1.87. The van der Waals surface area contributed by atoms with E-state index in [-0.39, 0.29) is 8.22 Å². The van der Waals surface area contributed by atoms with Crippen LogP contribution in [-0.2, 0) is 0 Å². The molecule has 0 atom stereocenters. The van der Waals surface area contributed by atoms with Crippen molar-refractivity contribution in [1.82, 2.24) is 14.3 Å². The minimum Gasteiger partial charge on any atom is -0.303 e. The highest BCUT2D eigenvalue weighted by atomic mass is 31.1. The van der Waals surface area contributed by atoms with Crippen LogP contribution >= 0.6 is 8.22 Å². The van der Waals surface area contributed by atoms with E-state index in [4.69, 9.17) is 0 Å². The second-order valence-electron chi connectivity index (χ2n) is 3.90. The van der Waals surface area contributed by atoms with Crippen molar-refractivity contribution >= 4 is 14.4 Å². The van der Waals surface area contributed by atoms with Crippen LogP contribution in [0, 0.1) is 0 Å². The van der Waals surface area contributed by atoms with Gasteiger partial charge < -0.3 is 5.01 Å². The molecule has 0 aromatic rings. The van der Waals surface area contributed by atoms with Crippen molar-refractivity contribution < 1.29 is 0 Å². The Morgan fingerprint density at radius 3 is 1.80 bits per heavy atom. The lowest BCUT2D eigenvalue weighted by atomic mass is 10.6. The van der Waals surface area contributed by atoms with Gasteiger partial charge in [0.05, 0.1) is 8.22 Å². The molecule has 0 spiro atoms. The highest BCUT2D eigenvalue weighted by molar-refractivity contribution is 7.57. The van der Waals surface area contributed by atoms with Gasteiger partial charge in [0.2, 0.25) is 0 Å². The monoisotopic (exact) mass is 230 g/mol.